The Bertz CT molecular complexity index is 957. The smallest absolute Gasteiger partial charge is 0.316 e. The Labute approximate surface area is 168 Å². The van der Waals surface area contributed by atoms with E-state index in [0.29, 0.717) is 42.6 Å². The fourth-order valence-electron chi connectivity index (χ4n) is 3.28. The number of carbonyl (C=O) groups excluding carboxylic acids is 3. The first-order valence-corrected chi connectivity index (χ1v) is 9.38. The lowest BCUT2D eigenvalue weighted by atomic mass is 10.2. The number of ether oxygens (including phenoxy) is 2. The van der Waals surface area contributed by atoms with Crippen molar-refractivity contribution in [2.45, 2.75) is 6.92 Å². The van der Waals surface area contributed by atoms with Crippen molar-refractivity contribution in [3.8, 4) is 11.5 Å². The van der Waals surface area contributed by atoms with Crippen LogP contribution in [-0.4, -0.2) is 55.5 Å². The standard InChI is InChI=1S/C21H21N3O5/c1-14-2-4-15(5-3-14)22-19(25)13-23-8-9-24(21(27)20(23)26)16-6-7-17-18(12-16)29-11-10-28-17/h2-7,12H,8-11,13H2,1H3,(H,22,25). The van der Waals surface area contributed by atoms with Gasteiger partial charge in [0.15, 0.2) is 11.5 Å². The molecule has 0 saturated carbocycles. The number of nitrogens with one attached hydrogen (secondary N) is 1. The maximum Gasteiger partial charge on any atom is 0.316 e. The van der Waals surface area contributed by atoms with Crippen molar-refractivity contribution in [1.82, 2.24) is 4.90 Å². The van der Waals surface area contributed by atoms with E-state index in [1.807, 2.05) is 19.1 Å². The van der Waals surface area contributed by atoms with Gasteiger partial charge in [-0.25, -0.2) is 0 Å². The average Bonchev–Trinajstić information content (AvgIpc) is 2.73. The van der Waals surface area contributed by atoms with Gasteiger partial charge in [0.05, 0.1) is 0 Å². The van der Waals surface area contributed by atoms with Crippen LogP contribution >= 0.6 is 0 Å². The molecule has 8 heteroatoms. The Morgan fingerprint density at radius 1 is 0.966 bits per heavy atom. The monoisotopic (exact) mass is 395 g/mol. The van der Waals surface area contributed by atoms with E-state index in [9.17, 15) is 14.4 Å². The molecular formula is C21H21N3O5. The molecule has 0 aliphatic carbocycles. The highest BCUT2D eigenvalue weighted by Gasteiger charge is 2.34. The first-order valence-electron chi connectivity index (χ1n) is 9.38. The van der Waals surface area contributed by atoms with Gasteiger partial charge >= 0.3 is 11.8 Å². The molecule has 2 aliphatic heterocycles. The molecule has 0 atom stereocenters. The first-order chi connectivity index (χ1) is 14.0. The fourth-order valence-corrected chi connectivity index (χ4v) is 3.28. The lowest BCUT2D eigenvalue weighted by Gasteiger charge is -2.33. The lowest BCUT2D eigenvalue weighted by molar-refractivity contribution is -0.147. The third-order valence-electron chi connectivity index (χ3n) is 4.82. The molecule has 0 unspecified atom stereocenters. The van der Waals surface area contributed by atoms with Crippen LogP contribution in [0.15, 0.2) is 42.5 Å². The molecule has 0 spiro atoms. The summed E-state index contributed by atoms with van der Waals surface area (Å²) in [6.45, 7) is 3.26. The number of hydrogen-bond donors (Lipinski definition) is 1. The largest absolute Gasteiger partial charge is 0.486 e. The lowest BCUT2D eigenvalue weighted by Crippen LogP contribution is -2.56. The summed E-state index contributed by atoms with van der Waals surface area (Å²) in [4.78, 5) is 40.1. The number of piperazine rings is 1. The van der Waals surface area contributed by atoms with Crippen molar-refractivity contribution in [1.29, 1.82) is 0 Å². The van der Waals surface area contributed by atoms with E-state index in [1.165, 1.54) is 9.80 Å². The number of anilines is 2. The molecule has 29 heavy (non-hydrogen) atoms. The number of aryl methyl sites for hydroxylation is 1. The van der Waals surface area contributed by atoms with Gasteiger partial charge in [0.2, 0.25) is 5.91 Å². The summed E-state index contributed by atoms with van der Waals surface area (Å²) in [7, 11) is 0. The highest BCUT2D eigenvalue weighted by molar-refractivity contribution is 6.41. The van der Waals surface area contributed by atoms with Crippen LogP contribution in [0.4, 0.5) is 11.4 Å². The van der Waals surface area contributed by atoms with Gasteiger partial charge in [-0.05, 0) is 31.2 Å². The molecular weight excluding hydrogens is 374 g/mol. The number of rotatable bonds is 4. The minimum atomic E-state index is -0.704. The quantitative estimate of drug-likeness (QED) is 0.794. The Morgan fingerprint density at radius 3 is 2.45 bits per heavy atom. The molecule has 0 aromatic heterocycles. The first kappa shape index (κ1) is 18.8. The van der Waals surface area contributed by atoms with Gasteiger partial charge in [-0.2, -0.15) is 0 Å². The second-order valence-electron chi connectivity index (χ2n) is 6.93. The summed E-state index contributed by atoms with van der Waals surface area (Å²) in [5, 5.41) is 2.74. The van der Waals surface area contributed by atoms with Crippen LogP contribution in [0, 0.1) is 6.92 Å². The second-order valence-corrected chi connectivity index (χ2v) is 6.93. The fraction of sp³-hybridized carbons (Fsp3) is 0.286. The topological polar surface area (TPSA) is 88.2 Å². The third kappa shape index (κ3) is 4.01. The number of amides is 3. The van der Waals surface area contributed by atoms with Gasteiger partial charge in [-0.3, -0.25) is 14.4 Å². The highest BCUT2D eigenvalue weighted by atomic mass is 16.6. The third-order valence-corrected chi connectivity index (χ3v) is 4.82. The maximum absolute atomic E-state index is 12.6. The van der Waals surface area contributed by atoms with E-state index >= 15 is 0 Å². The number of benzene rings is 2. The maximum atomic E-state index is 12.6. The predicted molar refractivity (Wildman–Crippen MR) is 106 cm³/mol. The van der Waals surface area contributed by atoms with Crippen molar-refractivity contribution in [3.05, 3.63) is 48.0 Å². The van der Waals surface area contributed by atoms with Crippen LogP contribution in [0.5, 0.6) is 11.5 Å². The van der Waals surface area contributed by atoms with E-state index in [2.05, 4.69) is 5.32 Å². The van der Waals surface area contributed by atoms with Crippen molar-refractivity contribution in [2.24, 2.45) is 0 Å². The van der Waals surface area contributed by atoms with Gasteiger partial charge < -0.3 is 24.6 Å². The van der Waals surface area contributed by atoms with Crippen molar-refractivity contribution >= 4 is 29.1 Å². The molecule has 0 radical (unpaired) electrons. The van der Waals surface area contributed by atoms with Crippen LogP contribution in [0.25, 0.3) is 0 Å². The number of nitrogens with zero attached hydrogens (tertiary/aromatic N) is 2. The van der Waals surface area contributed by atoms with Crippen LogP contribution in [-0.2, 0) is 14.4 Å². The summed E-state index contributed by atoms with van der Waals surface area (Å²) in [6, 6.07) is 12.5. The van der Waals surface area contributed by atoms with E-state index in [0.717, 1.165) is 5.56 Å². The van der Waals surface area contributed by atoms with E-state index in [4.69, 9.17) is 9.47 Å². The highest BCUT2D eigenvalue weighted by Crippen LogP contribution is 2.34. The minimum Gasteiger partial charge on any atom is -0.486 e. The van der Waals surface area contributed by atoms with Crippen molar-refractivity contribution < 1.29 is 23.9 Å². The molecule has 2 aromatic rings. The summed E-state index contributed by atoms with van der Waals surface area (Å²) in [6.07, 6.45) is 0. The van der Waals surface area contributed by atoms with Gasteiger partial charge in [0, 0.05) is 30.5 Å². The van der Waals surface area contributed by atoms with Crippen LogP contribution in [0.1, 0.15) is 5.56 Å². The SMILES string of the molecule is Cc1ccc(NC(=O)CN2CCN(c3ccc4c(c3)OCCO4)C(=O)C2=O)cc1. The van der Waals surface area contributed by atoms with Crippen LogP contribution < -0.4 is 19.7 Å². The molecule has 0 bridgehead atoms. The predicted octanol–water partition coefficient (Wildman–Crippen LogP) is 1.58. The molecule has 1 saturated heterocycles. The van der Waals surface area contributed by atoms with E-state index in [-0.39, 0.29) is 19.0 Å². The summed E-state index contributed by atoms with van der Waals surface area (Å²) in [5.41, 5.74) is 2.30. The molecule has 1 N–H and O–H groups in total. The number of carbonyl (C=O) groups is 3. The number of fused-ring (bicyclic) bond motifs is 1. The molecule has 2 aliphatic rings. The van der Waals surface area contributed by atoms with Gasteiger partial charge in [-0.1, -0.05) is 17.7 Å². The van der Waals surface area contributed by atoms with Crippen LogP contribution in [0.3, 0.4) is 0 Å². The molecule has 2 aromatic carbocycles. The molecule has 150 valence electrons. The normalized spacial score (nSPS) is 16.0. The molecule has 2 heterocycles. The Balaban J connectivity index is 1.40. The summed E-state index contributed by atoms with van der Waals surface area (Å²) >= 11 is 0. The van der Waals surface area contributed by atoms with E-state index in [1.54, 1.807) is 30.3 Å². The Morgan fingerprint density at radius 2 is 1.69 bits per heavy atom. The molecule has 4 rings (SSSR count). The Kier molecular flexibility index (Phi) is 5.07. The molecule has 1 fully saturated rings. The zero-order chi connectivity index (χ0) is 20.4. The minimum absolute atomic E-state index is 0.173. The summed E-state index contributed by atoms with van der Waals surface area (Å²) < 4.78 is 11.0. The van der Waals surface area contributed by atoms with Crippen molar-refractivity contribution in [3.63, 3.8) is 0 Å². The second kappa shape index (κ2) is 7.83. The van der Waals surface area contributed by atoms with Gasteiger partial charge in [0.25, 0.3) is 0 Å². The molecule has 8 nitrogen and oxygen atoms in total. The van der Waals surface area contributed by atoms with Gasteiger partial charge in [-0.15, -0.1) is 0 Å². The van der Waals surface area contributed by atoms with Crippen LogP contribution in [0.2, 0.25) is 0 Å². The summed E-state index contributed by atoms with van der Waals surface area (Å²) in [5.74, 6) is -0.553. The zero-order valence-electron chi connectivity index (χ0n) is 16.0. The molecule has 3 amide bonds. The van der Waals surface area contributed by atoms with E-state index < -0.39 is 11.8 Å². The Hall–Kier alpha value is -3.55. The zero-order valence-corrected chi connectivity index (χ0v) is 16.0. The number of hydrogen-bond acceptors (Lipinski definition) is 5. The van der Waals surface area contributed by atoms with Crippen molar-refractivity contribution in [2.75, 3.05) is 43.1 Å². The average molecular weight is 395 g/mol. The van der Waals surface area contributed by atoms with Gasteiger partial charge in [0.1, 0.15) is 19.8 Å².